The molecule has 112 valence electrons. The first-order chi connectivity index (χ1) is 9.62. The highest BCUT2D eigenvalue weighted by Crippen LogP contribution is 2.33. The lowest BCUT2D eigenvalue weighted by Gasteiger charge is -2.19. The molecule has 0 atom stereocenters. The number of hydrogen-bond donors (Lipinski definition) is 0. The van der Waals surface area contributed by atoms with Crippen LogP contribution in [0.2, 0.25) is 5.15 Å². The van der Waals surface area contributed by atoms with Gasteiger partial charge in [0, 0.05) is 11.0 Å². The summed E-state index contributed by atoms with van der Waals surface area (Å²) in [4.78, 5) is 8.58. The number of aryl methyl sites for hydroxylation is 1. The maximum atomic E-state index is 14.3. The molecule has 0 saturated heterocycles. The molecule has 21 heavy (non-hydrogen) atoms. The molecule has 2 nitrogen and oxygen atoms in total. The van der Waals surface area contributed by atoms with Crippen LogP contribution in [0, 0.1) is 25.5 Å². The zero-order valence-electron chi connectivity index (χ0n) is 12.7. The summed E-state index contributed by atoms with van der Waals surface area (Å²) in [6.45, 7) is 8.99. The van der Waals surface area contributed by atoms with E-state index in [1.54, 1.807) is 13.8 Å². The van der Waals surface area contributed by atoms with E-state index in [4.69, 9.17) is 11.6 Å². The van der Waals surface area contributed by atoms with Gasteiger partial charge in [-0.1, -0.05) is 38.4 Å². The van der Waals surface area contributed by atoms with Crippen molar-refractivity contribution in [2.24, 2.45) is 0 Å². The van der Waals surface area contributed by atoms with E-state index in [0.29, 0.717) is 17.0 Å². The number of nitrogens with zero attached hydrogens (tertiary/aromatic N) is 2. The Morgan fingerprint density at radius 3 is 2.24 bits per heavy atom. The molecule has 1 aromatic heterocycles. The minimum atomic E-state index is -0.657. The van der Waals surface area contributed by atoms with Crippen LogP contribution in [0.15, 0.2) is 12.1 Å². The molecule has 0 radical (unpaired) electrons. The minimum absolute atomic E-state index is 0.151. The summed E-state index contributed by atoms with van der Waals surface area (Å²) in [5.74, 6) is -0.822. The van der Waals surface area contributed by atoms with Gasteiger partial charge in [0.15, 0.2) is 0 Å². The van der Waals surface area contributed by atoms with Crippen LogP contribution in [0.3, 0.4) is 0 Å². The Bertz CT molecular complexity index is 706. The summed E-state index contributed by atoms with van der Waals surface area (Å²) >= 11 is 6.12. The van der Waals surface area contributed by atoms with Crippen molar-refractivity contribution in [1.82, 2.24) is 9.97 Å². The highest BCUT2D eigenvalue weighted by Gasteiger charge is 2.24. The molecule has 0 unspecified atom stereocenters. The van der Waals surface area contributed by atoms with E-state index in [2.05, 4.69) is 9.97 Å². The van der Waals surface area contributed by atoms with Crippen LogP contribution in [-0.4, -0.2) is 9.97 Å². The molecule has 1 aromatic carbocycles. The lowest BCUT2D eigenvalue weighted by molar-refractivity contribution is 0.543. The Kier molecular flexibility index (Phi) is 4.02. The van der Waals surface area contributed by atoms with Crippen LogP contribution in [0.4, 0.5) is 8.78 Å². The molecule has 2 aromatic rings. The van der Waals surface area contributed by atoms with Gasteiger partial charge in [-0.3, -0.25) is 0 Å². The van der Waals surface area contributed by atoms with Gasteiger partial charge in [0.2, 0.25) is 0 Å². The molecule has 0 aliphatic heterocycles. The molecule has 0 bridgehead atoms. The maximum Gasteiger partial charge on any atom is 0.138 e. The Balaban J connectivity index is 2.82. The van der Waals surface area contributed by atoms with Gasteiger partial charge >= 0.3 is 0 Å². The molecule has 0 aliphatic rings. The van der Waals surface area contributed by atoms with Gasteiger partial charge in [-0.15, -0.1) is 0 Å². The molecule has 0 saturated carbocycles. The van der Waals surface area contributed by atoms with Gasteiger partial charge in [-0.05, 0) is 25.5 Å². The molecule has 1 heterocycles. The number of aromatic nitrogens is 2. The molecule has 0 aliphatic carbocycles. The monoisotopic (exact) mass is 310 g/mol. The third-order valence-electron chi connectivity index (χ3n) is 3.28. The fourth-order valence-corrected chi connectivity index (χ4v) is 2.11. The maximum absolute atomic E-state index is 14.3. The van der Waals surface area contributed by atoms with Crippen molar-refractivity contribution in [3.05, 3.63) is 45.9 Å². The van der Waals surface area contributed by atoms with Crippen LogP contribution in [0.1, 0.15) is 37.7 Å². The van der Waals surface area contributed by atoms with Crippen molar-refractivity contribution in [1.29, 1.82) is 0 Å². The first-order valence-electron chi connectivity index (χ1n) is 6.62. The van der Waals surface area contributed by atoms with Crippen LogP contribution in [0.5, 0.6) is 0 Å². The van der Waals surface area contributed by atoms with Gasteiger partial charge in [0.25, 0.3) is 0 Å². The van der Waals surface area contributed by atoms with Crippen LogP contribution >= 0.6 is 11.6 Å². The lowest BCUT2D eigenvalue weighted by Crippen LogP contribution is -2.17. The second kappa shape index (κ2) is 5.34. The summed E-state index contributed by atoms with van der Waals surface area (Å²) in [7, 11) is 0. The Hall–Kier alpha value is -1.55. The van der Waals surface area contributed by atoms with E-state index in [1.165, 1.54) is 12.1 Å². The fourth-order valence-electron chi connectivity index (χ4n) is 1.94. The van der Waals surface area contributed by atoms with E-state index >= 15 is 0 Å². The topological polar surface area (TPSA) is 25.8 Å². The molecule has 0 fully saturated rings. The predicted molar refractivity (Wildman–Crippen MR) is 80.6 cm³/mol. The number of rotatable bonds is 1. The van der Waals surface area contributed by atoms with Crippen LogP contribution in [-0.2, 0) is 5.41 Å². The van der Waals surface area contributed by atoms with Crippen molar-refractivity contribution >= 4 is 11.6 Å². The fraction of sp³-hybridized carbons (Fsp3) is 0.375. The van der Waals surface area contributed by atoms with Gasteiger partial charge in [0.05, 0.1) is 11.3 Å². The van der Waals surface area contributed by atoms with E-state index in [0.717, 1.165) is 0 Å². The zero-order chi connectivity index (χ0) is 15.9. The summed E-state index contributed by atoms with van der Waals surface area (Å²) in [5.41, 5.74) is 0.509. The first-order valence-corrected chi connectivity index (χ1v) is 7.00. The minimum Gasteiger partial charge on any atom is -0.232 e. The summed E-state index contributed by atoms with van der Waals surface area (Å²) < 4.78 is 28.5. The molecule has 0 spiro atoms. The van der Waals surface area contributed by atoms with Gasteiger partial charge in [-0.25, -0.2) is 18.7 Å². The molecule has 2 rings (SSSR count). The zero-order valence-corrected chi connectivity index (χ0v) is 13.4. The number of halogens is 3. The molecular formula is C16H17ClF2N2. The molecule has 0 N–H and O–H groups in total. The molecule has 5 heteroatoms. The smallest absolute Gasteiger partial charge is 0.138 e. The van der Waals surface area contributed by atoms with Crippen LogP contribution in [0.25, 0.3) is 11.3 Å². The van der Waals surface area contributed by atoms with Crippen molar-refractivity contribution < 1.29 is 8.78 Å². The van der Waals surface area contributed by atoms with Gasteiger partial charge < -0.3 is 0 Å². The van der Waals surface area contributed by atoms with Crippen molar-refractivity contribution in [3.63, 3.8) is 0 Å². The van der Waals surface area contributed by atoms with Crippen molar-refractivity contribution in [2.75, 3.05) is 0 Å². The first kappa shape index (κ1) is 15.8. The summed E-state index contributed by atoms with van der Waals surface area (Å²) in [5, 5.41) is 0.213. The predicted octanol–water partition coefficient (Wildman–Crippen LogP) is 4.99. The standard InChI is InChI=1S/C16H17ClF2N2/c1-8-6-7-10(18)11(12(8)19)13-9(2)14(17)21-15(20-13)16(3,4)5/h6-7H,1-5H3. The SMILES string of the molecule is Cc1ccc(F)c(-c2nc(C(C)(C)C)nc(Cl)c2C)c1F. The molecule has 0 amide bonds. The third kappa shape index (κ3) is 2.91. The van der Waals surface area contributed by atoms with Crippen molar-refractivity contribution in [3.8, 4) is 11.3 Å². The van der Waals surface area contributed by atoms with E-state index in [9.17, 15) is 8.78 Å². The highest BCUT2D eigenvalue weighted by molar-refractivity contribution is 6.30. The second-order valence-corrected chi connectivity index (χ2v) is 6.47. The summed E-state index contributed by atoms with van der Waals surface area (Å²) in [6.07, 6.45) is 0. The lowest BCUT2D eigenvalue weighted by atomic mass is 9.94. The highest BCUT2D eigenvalue weighted by atomic mass is 35.5. The van der Waals surface area contributed by atoms with Crippen molar-refractivity contribution in [2.45, 2.75) is 40.0 Å². The van der Waals surface area contributed by atoms with Gasteiger partial charge in [-0.2, -0.15) is 0 Å². The van der Waals surface area contributed by atoms with Crippen LogP contribution < -0.4 is 0 Å². The average molecular weight is 311 g/mol. The number of benzene rings is 1. The second-order valence-electron chi connectivity index (χ2n) is 6.11. The van der Waals surface area contributed by atoms with E-state index in [-0.39, 0.29) is 21.8 Å². The van der Waals surface area contributed by atoms with E-state index in [1.807, 2.05) is 20.8 Å². The summed E-state index contributed by atoms with van der Waals surface area (Å²) in [6, 6.07) is 2.64. The third-order valence-corrected chi connectivity index (χ3v) is 3.65. The normalized spacial score (nSPS) is 11.8. The largest absolute Gasteiger partial charge is 0.232 e. The Morgan fingerprint density at radius 1 is 1.05 bits per heavy atom. The average Bonchev–Trinajstić information content (AvgIpc) is 2.38. The van der Waals surface area contributed by atoms with Gasteiger partial charge in [0.1, 0.15) is 22.6 Å². The number of hydrogen-bond acceptors (Lipinski definition) is 2. The Labute approximate surface area is 128 Å². The Morgan fingerprint density at radius 2 is 1.67 bits per heavy atom. The van der Waals surface area contributed by atoms with E-state index < -0.39 is 11.6 Å². The quantitative estimate of drug-likeness (QED) is 0.693. The molecular weight excluding hydrogens is 294 g/mol.